The Morgan fingerprint density at radius 2 is 1.94 bits per heavy atom. The summed E-state index contributed by atoms with van der Waals surface area (Å²) in [6.45, 7) is 3.87. The molecule has 1 aromatic carbocycles. The van der Waals surface area contributed by atoms with Crippen LogP contribution in [0.25, 0.3) is 0 Å². The maximum Gasteiger partial charge on any atom is 0.123 e. The summed E-state index contributed by atoms with van der Waals surface area (Å²) >= 11 is 0. The van der Waals surface area contributed by atoms with Gasteiger partial charge in [0.15, 0.2) is 0 Å². The van der Waals surface area contributed by atoms with E-state index in [1.165, 1.54) is 0 Å². The summed E-state index contributed by atoms with van der Waals surface area (Å²) in [5.41, 5.74) is 3.39. The summed E-state index contributed by atoms with van der Waals surface area (Å²) < 4.78 is 0. The second-order valence-electron chi connectivity index (χ2n) is 3.90. The lowest BCUT2D eigenvalue weighted by molar-refractivity contribution is 0.214. The third-order valence-corrected chi connectivity index (χ3v) is 2.44. The van der Waals surface area contributed by atoms with Gasteiger partial charge in [0.05, 0.1) is 17.6 Å². The summed E-state index contributed by atoms with van der Waals surface area (Å²) in [5, 5.41) is 10.1. The zero-order chi connectivity index (χ0) is 11.5. The molecule has 3 heteroatoms. The number of aromatic nitrogens is 2. The average Bonchev–Trinajstić information content (AvgIpc) is 2.29. The van der Waals surface area contributed by atoms with Crippen molar-refractivity contribution in [3.63, 3.8) is 0 Å². The van der Waals surface area contributed by atoms with Crippen molar-refractivity contribution in [1.29, 1.82) is 0 Å². The van der Waals surface area contributed by atoms with Crippen LogP contribution in [0.2, 0.25) is 0 Å². The lowest BCUT2D eigenvalue weighted by Gasteiger charge is -2.10. The molecule has 1 unspecified atom stereocenters. The molecule has 1 heterocycles. The Morgan fingerprint density at radius 1 is 1.12 bits per heavy atom. The molecule has 2 rings (SSSR count). The van der Waals surface area contributed by atoms with Crippen LogP contribution in [0, 0.1) is 13.8 Å². The van der Waals surface area contributed by atoms with Crippen molar-refractivity contribution in [3.8, 4) is 0 Å². The van der Waals surface area contributed by atoms with Crippen LogP contribution >= 0.6 is 0 Å². The van der Waals surface area contributed by atoms with Crippen LogP contribution in [0.15, 0.2) is 36.7 Å². The van der Waals surface area contributed by atoms with Crippen LogP contribution in [0.4, 0.5) is 0 Å². The maximum atomic E-state index is 10.1. The monoisotopic (exact) mass is 214 g/mol. The highest BCUT2D eigenvalue weighted by molar-refractivity contribution is 5.28. The first-order valence-electron chi connectivity index (χ1n) is 5.20. The van der Waals surface area contributed by atoms with Crippen LogP contribution in [0.5, 0.6) is 0 Å². The molecule has 82 valence electrons. The van der Waals surface area contributed by atoms with Gasteiger partial charge in [-0.25, -0.2) is 0 Å². The van der Waals surface area contributed by atoms with E-state index in [2.05, 4.69) is 9.97 Å². The van der Waals surface area contributed by atoms with Crippen LogP contribution in [0.3, 0.4) is 0 Å². The number of aliphatic hydroxyl groups excluding tert-OH is 1. The van der Waals surface area contributed by atoms with E-state index < -0.39 is 6.10 Å². The molecule has 0 radical (unpaired) electrons. The van der Waals surface area contributed by atoms with E-state index in [-0.39, 0.29) is 0 Å². The first-order valence-corrected chi connectivity index (χ1v) is 5.20. The molecule has 0 saturated carbocycles. The SMILES string of the molecule is Cc1cccc(C(O)c2cnc(C)cn2)c1. The lowest BCUT2D eigenvalue weighted by Crippen LogP contribution is -2.03. The normalized spacial score (nSPS) is 12.4. The van der Waals surface area contributed by atoms with Crippen molar-refractivity contribution in [1.82, 2.24) is 9.97 Å². The molecule has 0 aliphatic rings. The fourth-order valence-corrected chi connectivity index (χ4v) is 1.55. The molecule has 1 N–H and O–H groups in total. The van der Waals surface area contributed by atoms with Crippen LogP contribution < -0.4 is 0 Å². The molecule has 0 fully saturated rings. The molecule has 0 bridgehead atoms. The molecule has 1 aromatic heterocycles. The van der Waals surface area contributed by atoms with E-state index in [0.29, 0.717) is 5.69 Å². The molecule has 0 aliphatic carbocycles. The van der Waals surface area contributed by atoms with Gasteiger partial charge in [-0.3, -0.25) is 9.97 Å². The van der Waals surface area contributed by atoms with Gasteiger partial charge in [-0.15, -0.1) is 0 Å². The zero-order valence-electron chi connectivity index (χ0n) is 9.38. The van der Waals surface area contributed by atoms with Crippen molar-refractivity contribution in [3.05, 3.63) is 59.2 Å². The number of hydrogen-bond donors (Lipinski definition) is 1. The minimum absolute atomic E-state index is 0.580. The fourth-order valence-electron chi connectivity index (χ4n) is 1.55. The number of aryl methyl sites for hydroxylation is 2. The third-order valence-electron chi connectivity index (χ3n) is 2.44. The Hall–Kier alpha value is -1.74. The topological polar surface area (TPSA) is 46.0 Å². The molecule has 2 aromatic rings. The summed E-state index contributed by atoms with van der Waals surface area (Å²) in [7, 11) is 0. The van der Waals surface area contributed by atoms with Gasteiger partial charge < -0.3 is 5.11 Å². The van der Waals surface area contributed by atoms with Gasteiger partial charge in [-0.05, 0) is 19.4 Å². The number of hydrogen-bond acceptors (Lipinski definition) is 3. The molecule has 0 spiro atoms. The maximum absolute atomic E-state index is 10.1. The second-order valence-corrected chi connectivity index (χ2v) is 3.90. The van der Waals surface area contributed by atoms with Gasteiger partial charge in [-0.1, -0.05) is 29.8 Å². The van der Waals surface area contributed by atoms with E-state index in [0.717, 1.165) is 16.8 Å². The van der Waals surface area contributed by atoms with Crippen molar-refractivity contribution < 1.29 is 5.11 Å². The van der Waals surface area contributed by atoms with Crippen LogP contribution in [-0.2, 0) is 0 Å². The molecule has 0 aliphatic heterocycles. The first kappa shape index (κ1) is 10.8. The minimum atomic E-state index is -0.701. The van der Waals surface area contributed by atoms with Crippen molar-refractivity contribution in [2.24, 2.45) is 0 Å². The third kappa shape index (κ3) is 2.25. The number of nitrogens with zero attached hydrogens (tertiary/aromatic N) is 2. The predicted molar refractivity (Wildman–Crippen MR) is 62.0 cm³/mol. The number of rotatable bonds is 2. The van der Waals surface area contributed by atoms with E-state index >= 15 is 0 Å². The highest BCUT2D eigenvalue weighted by atomic mass is 16.3. The van der Waals surface area contributed by atoms with Crippen molar-refractivity contribution in [2.45, 2.75) is 20.0 Å². The van der Waals surface area contributed by atoms with Gasteiger partial charge in [0.1, 0.15) is 6.10 Å². The summed E-state index contributed by atoms with van der Waals surface area (Å²) in [6.07, 6.45) is 2.57. The van der Waals surface area contributed by atoms with Crippen LogP contribution in [0.1, 0.15) is 28.6 Å². The zero-order valence-corrected chi connectivity index (χ0v) is 9.38. The lowest BCUT2D eigenvalue weighted by atomic mass is 10.0. The van der Waals surface area contributed by atoms with Gasteiger partial charge in [0, 0.05) is 6.20 Å². The van der Waals surface area contributed by atoms with Gasteiger partial charge in [0.2, 0.25) is 0 Å². The van der Waals surface area contributed by atoms with E-state index in [1.54, 1.807) is 12.4 Å². The Bertz CT molecular complexity index is 480. The van der Waals surface area contributed by atoms with Gasteiger partial charge in [-0.2, -0.15) is 0 Å². The van der Waals surface area contributed by atoms with E-state index in [4.69, 9.17) is 0 Å². The Kier molecular flexibility index (Phi) is 2.97. The Morgan fingerprint density at radius 3 is 2.56 bits per heavy atom. The quantitative estimate of drug-likeness (QED) is 0.833. The molecular weight excluding hydrogens is 200 g/mol. The number of benzene rings is 1. The molecule has 16 heavy (non-hydrogen) atoms. The number of aliphatic hydroxyl groups is 1. The molecule has 0 saturated heterocycles. The minimum Gasteiger partial charge on any atom is -0.382 e. The molecular formula is C13H14N2O. The van der Waals surface area contributed by atoms with Crippen LogP contribution in [-0.4, -0.2) is 15.1 Å². The first-order chi connectivity index (χ1) is 7.66. The fraction of sp³-hybridized carbons (Fsp3) is 0.231. The van der Waals surface area contributed by atoms with Gasteiger partial charge >= 0.3 is 0 Å². The van der Waals surface area contributed by atoms with Crippen molar-refractivity contribution in [2.75, 3.05) is 0 Å². The summed E-state index contributed by atoms with van der Waals surface area (Å²) in [4.78, 5) is 8.30. The predicted octanol–water partition coefficient (Wildman–Crippen LogP) is 2.18. The standard InChI is InChI=1S/C13H14N2O/c1-9-4-3-5-11(6-9)13(16)12-8-14-10(2)7-15-12/h3-8,13,16H,1-2H3. The highest BCUT2D eigenvalue weighted by Crippen LogP contribution is 2.20. The second kappa shape index (κ2) is 4.41. The average molecular weight is 214 g/mol. The van der Waals surface area contributed by atoms with E-state index in [1.807, 2.05) is 38.1 Å². The highest BCUT2D eigenvalue weighted by Gasteiger charge is 2.11. The molecule has 0 amide bonds. The molecule has 1 atom stereocenters. The largest absolute Gasteiger partial charge is 0.382 e. The summed E-state index contributed by atoms with van der Waals surface area (Å²) in [6, 6.07) is 7.76. The van der Waals surface area contributed by atoms with E-state index in [9.17, 15) is 5.11 Å². The Balaban J connectivity index is 2.31. The smallest absolute Gasteiger partial charge is 0.123 e. The Labute approximate surface area is 94.8 Å². The van der Waals surface area contributed by atoms with Gasteiger partial charge in [0.25, 0.3) is 0 Å². The van der Waals surface area contributed by atoms with Crippen molar-refractivity contribution >= 4 is 0 Å². The summed E-state index contributed by atoms with van der Waals surface area (Å²) in [5.74, 6) is 0. The molecule has 3 nitrogen and oxygen atoms in total.